The molecular weight excluding hydrogens is 491 g/mol. The van der Waals surface area contributed by atoms with Crippen molar-refractivity contribution in [2.45, 2.75) is 78.7 Å². The van der Waals surface area contributed by atoms with Gasteiger partial charge in [-0.25, -0.2) is 9.59 Å². The molecule has 9 heteroatoms. The number of allylic oxidation sites excluding steroid dienone is 9. The summed E-state index contributed by atoms with van der Waals surface area (Å²) in [7, 11) is 0. The summed E-state index contributed by atoms with van der Waals surface area (Å²) in [5.74, 6) is -1.79. The number of nitrogens with one attached hydrogen (secondary N) is 1. The van der Waals surface area contributed by atoms with Gasteiger partial charge < -0.3 is 14.6 Å². The van der Waals surface area contributed by atoms with Crippen LogP contribution in [0.5, 0.6) is 0 Å². The molecule has 0 radical (unpaired) electrons. The Labute approximate surface area is 221 Å². The third-order valence-corrected chi connectivity index (χ3v) is 6.98. The highest BCUT2D eigenvalue weighted by Crippen LogP contribution is 2.40. The predicted octanol–water partition coefficient (Wildman–Crippen LogP) is 4.40. The fourth-order valence-corrected chi connectivity index (χ4v) is 4.88. The average Bonchev–Trinajstić information content (AvgIpc) is 3.22. The second kappa shape index (κ2) is 12.5. The van der Waals surface area contributed by atoms with Gasteiger partial charge in [0, 0.05) is 12.5 Å². The number of halogens is 1. The van der Waals surface area contributed by atoms with Gasteiger partial charge in [-0.05, 0) is 56.6 Å². The van der Waals surface area contributed by atoms with E-state index in [2.05, 4.69) is 32.9 Å². The topological polar surface area (TPSA) is 111 Å². The van der Waals surface area contributed by atoms with Crippen LogP contribution >= 0.6 is 0 Å². The lowest BCUT2D eigenvalue weighted by molar-refractivity contribution is -0.147. The number of hydrogen-bond donors (Lipinski definition) is 2. The summed E-state index contributed by atoms with van der Waals surface area (Å²) in [4.78, 5) is 37.6. The second-order valence-electron chi connectivity index (χ2n) is 10.6. The van der Waals surface area contributed by atoms with E-state index in [1.165, 1.54) is 30.1 Å². The maximum atomic E-state index is 13.7. The Bertz CT molecular complexity index is 1310. The first-order valence-corrected chi connectivity index (χ1v) is 12.8. The predicted molar refractivity (Wildman–Crippen MR) is 143 cm³/mol. The van der Waals surface area contributed by atoms with Crippen LogP contribution in [0.25, 0.3) is 0 Å². The van der Waals surface area contributed by atoms with Crippen LogP contribution in [0, 0.1) is 11.2 Å². The number of aromatic nitrogens is 2. The fraction of sp³-hybridized carbons (Fsp3) is 0.483. The molecule has 2 aliphatic rings. The largest absolute Gasteiger partial charge is 0.456 e. The zero-order chi connectivity index (χ0) is 28.0. The molecule has 1 fully saturated rings. The normalized spacial score (nSPS) is 24.6. The van der Waals surface area contributed by atoms with E-state index < -0.39 is 48.1 Å². The molecule has 1 aliphatic carbocycles. The van der Waals surface area contributed by atoms with Crippen molar-refractivity contribution in [3.63, 3.8) is 0 Å². The van der Waals surface area contributed by atoms with E-state index in [0.29, 0.717) is 5.57 Å². The molecule has 0 unspecified atom stereocenters. The standard InChI is InChI=1S/C29H37FN2O6/c1-18(11-12-21-20(3)10-7-13-29(21,4)5)8-6-9-19(2)14-26(34)38-23-15-25(37-24(23)17-33)32-16-22(30)27(35)31-28(32)36/h6,8-9,11-12,14,16,23-25,33H,7,10,13,15,17H2,1-5H3,(H,31,35,36)/b9-6+,12-11+,18-8+,19-14-/t23-,24+,25+/m0/s1. The van der Waals surface area contributed by atoms with Gasteiger partial charge in [-0.2, -0.15) is 4.39 Å². The van der Waals surface area contributed by atoms with Crippen LogP contribution in [0.3, 0.4) is 0 Å². The minimum absolute atomic E-state index is 0.00602. The molecule has 2 heterocycles. The lowest BCUT2D eigenvalue weighted by atomic mass is 9.72. The lowest BCUT2D eigenvalue weighted by Gasteiger charge is -2.32. The number of carbonyl (C=O) groups is 1. The van der Waals surface area contributed by atoms with Gasteiger partial charge in [-0.15, -0.1) is 0 Å². The number of rotatable bonds is 8. The maximum absolute atomic E-state index is 13.7. The van der Waals surface area contributed by atoms with Crippen molar-refractivity contribution >= 4 is 5.97 Å². The molecule has 1 aromatic rings. The van der Waals surface area contributed by atoms with Crippen molar-refractivity contribution in [1.29, 1.82) is 0 Å². The highest BCUT2D eigenvalue weighted by Gasteiger charge is 2.39. The Kier molecular flexibility index (Phi) is 9.62. The average molecular weight is 529 g/mol. The Balaban J connectivity index is 1.60. The lowest BCUT2D eigenvalue weighted by Crippen LogP contribution is -2.34. The summed E-state index contributed by atoms with van der Waals surface area (Å²) in [5, 5.41) is 9.63. The summed E-state index contributed by atoms with van der Waals surface area (Å²) in [6, 6.07) is 0. The van der Waals surface area contributed by atoms with Crippen LogP contribution < -0.4 is 11.2 Å². The number of aliphatic hydroxyl groups is 1. The molecule has 0 spiro atoms. The van der Waals surface area contributed by atoms with E-state index in [9.17, 15) is 23.9 Å². The highest BCUT2D eigenvalue weighted by atomic mass is 19.1. The molecule has 206 valence electrons. The fourth-order valence-electron chi connectivity index (χ4n) is 4.88. The molecule has 1 aromatic heterocycles. The molecule has 0 saturated carbocycles. The molecule has 1 aliphatic heterocycles. The number of hydrogen-bond acceptors (Lipinski definition) is 6. The van der Waals surface area contributed by atoms with Crippen molar-refractivity contribution in [3.05, 3.63) is 91.6 Å². The number of ether oxygens (including phenoxy) is 2. The molecule has 8 nitrogen and oxygen atoms in total. The molecule has 0 aromatic carbocycles. The Morgan fingerprint density at radius 1 is 1.29 bits per heavy atom. The van der Waals surface area contributed by atoms with Crippen LogP contribution in [-0.2, 0) is 14.3 Å². The number of esters is 1. The molecule has 3 atom stereocenters. The zero-order valence-corrected chi connectivity index (χ0v) is 22.6. The molecule has 3 rings (SSSR count). The monoisotopic (exact) mass is 528 g/mol. The molecular formula is C29H37FN2O6. The first-order chi connectivity index (χ1) is 17.9. The molecule has 38 heavy (non-hydrogen) atoms. The smallest absolute Gasteiger partial charge is 0.331 e. The highest BCUT2D eigenvalue weighted by molar-refractivity contribution is 5.83. The van der Waals surface area contributed by atoms with Crippen LogP contribution in [0.1, 0.15) is 66.5 Å². The minimum atomic E-state index is -1.15. The van der Waals surface area contributed by atoms with Crippen molar-refractivity contribution in [2.75, 3.05) is 6.61 Å². The quantitative estimate of drug-likeness (QED) is 0.294. The van der Waals surface area contributed by atoms with Gasteiger partial charge in [0.25, 0.3) is 5.56 Å². The van der Waals surface area contributed by atoms with E-state index in [-0.39, 0.29) is 11.8 Å². The first kappa shape index (κ1) is 29.3. The Morgan fingerprint density at radius 3 is 2.71 bits per heavy atom. The summed E-state index contributed by atoms with van der Waals surface area (Å²) >= 11 is 0. The van der Waals surface area contributed by atoms with E-state index in [1.54, 1.807) is 13.0 Å². The van der Waals surface area contributed by atoms with Crippen LogP contribution in [0.2, 0.25) is 0 Å². The van der Waals surface area contributed by atoms with Crippen LogP contribution in [0.4, 0.5) is 4.39 Å². The van der Waals surface area contributed by atoms with Crippen molar-refractivity contribution < 1.29 is 23.8 Å². The molecule has 0 amide bonds. The van der Waals surface area contributed by atoms with Gasteiger partial charge in [0.1, 0.15) is 18.4 Å². The van der Waals surface area contributed by atoms with Gasteiger partial charge in [-0.3, -0.25) is 14.3 Å². The summed E-state index contributed by atoms with van der Waals surface area (Å²) < 4.78 is 25.5. The van der Waals surface area contributed by atoms with Crippen molar-refractivity contribution in [2.24, 2.45) is 5.41 Å². The van der Waals surface area contributed by atoms with Crippen molar-refractivity contribution in [3.8, 4) is 0 Å². The van der Waals surface area contributed by atoms with Gasteiger partial charge in [-0.1, -0.05) is 55.4 Å². The number of aliphatic hydroxyl groups excluding tert-OH is 1. The van der Waals surface area contributed by atoms with Crippen LogP contribution in [0.15, 0.2) is 74.5 Å². The zero-order valence-electron chi connectivity index (χ0n) is 22.6. The number of H-pyrrole nitrogens is 1. The van der Waals surface area contributed by atoms with E-state index >= 15 is 0 Å². The Hall–Kier alpha value is -3.30. The van der Waals surface area contributed by atoms with E-state index in [0.717, 1.165) is 22.8 Å². The van der Waals surface area contributed by atoms with Gasteiger partial charge in [0.05, 0.1) is 12.8 Å². The third kappa shape index (κ3) is 7.39. The van der Waals surface area contributed by atoms with Gasteiger partial charge >= 0.3 is 11.7 Å². The third-order valence-electron chi connectivity index (χ3n) is 6.98. The van der Waals surface area contributed by atoms with Crippen molar-refractivity contribution in [1.82, 2.24) is 9.55 Å². The number of carbonyl (C=O) groups excluding carboxylic acids is 1. The molecule has 0 bridgehead atoms. The minimum Gasteiger partial charge on any atom is -0.456 e. The SMILES string of the molecule is CC1=C(/C=C/C(C)=C/C=C/C(C)=C\C(=O)O[C@H]2C[C@H](n3cc(F)c(=O)[nH]c3=O)O[C@@H]2CO)C(C)(C)CCC1. The maximum Gasteiger partial charge on any atom is 0.331 e. The number of aromatic amines is 1. The van der Waals surface area contributed by atoms with E-state index in [4.69, 9.17) is 9.47 Å². The molecule has 1 saturated heterocycles. The second-order valence-corrected chi connectivity index (χ2v) is 10.6. The van der Waals surface area contributed by atoms with Gasteiger partial charge in [0.2, 0.25) is 5.82 Å². The summed E-state index contributed by atoms with van der Waals surface area (Å²) in [5.41, 5.74) is 2.75. The molecule has 2 N–H and O–H groups in total. The number of nitrogens with zero attached hydrogens (tertiary/aromatic N) is 1. The van der Waals surface area contributed by atoms with Crippen LogP contribution in [-0.4, -0.2) is 39.4 Å². The van der Waals surface area contributed by atoms with Gasteiger partial charge in [0.15, 0.2) is 0 Å². The summed E-state index contributed by atoms with van der Waals surface area (Å²) in [6.07, 6.45) is 12.8. The Morgan fingerprint density at radius 2 is 2.03 bits per heavy atom. The summed E-state index contributed by atoms with van der Waals surface area (Å²) in [6.45, 7) is 10.1. The van der Waals surface area contributed by atoms with E-state index in [1.807, 2.05) is 24.1 Å². The first-order valence-electron chi connectivity index (χ1n) is 12.8.